The van der Waals surface area contributed by atoms with E-state index >= 15 is 0 Å². The minimum atomic E-state index is -2.94. The Hall–Kier alpha value is -1.10. The first kappa shape index (κ1) is 14.3. The van der Waals surface area contributed by atoms with Crippen molar-refractivity contribution in [2.45, 2.75) is 26.2 Å². The average molecular weight is 285 g/mol. The van der Waals surface area contributed by atoms with Crippen LogP contribution in [0.4, 0.5) is 10.1 Å². The van der Waals surface area contributed by atoms with Crippen molar-refractivity contribution in [2.75, 3.05) is 30.0 Å². The predicted octanol–water partition coefficient (Wildman–Crippen LogP) is 2.32. The summed E-state index contributed by atoms with van der Waals surface area (Å²) in [5.41, 5.74) is 2.87. The quantitative estimate of drug-likeness (QED) is 0.852. The van der Waals surface area contributed by atoms with Crippen molar-refractivity contribution in [3.05, 3.63) is 29.1 Å². The van der Waals surface area contributed by atoms with Gasteiger partial charge in [0.25, 0.3) is 0 Å². The molecular weight excluding hydrogens is 265 g/mol. The fourth-order valence-corrected chi connectivity index (χ4v) is 3.32. The van der Waals surface area contributed by atoms with Crippen LogP contribution in [-0.4, -0.2) is 33.5 Å². The third-order valence-electron chi connectivity index (χ3n) is 3.58. The Morgan fingerprint density at radius 1 is 1.37 bits per heavy atom. The number of anilines is 1. The van der Waals surface area contributed by atoms with Gasteiger partial charge in [0.15, 0.2) is 0 Å². The predicted molar refractivity (Wildman–Crippen MR) is 76.0 cm³/mol. The van der Waals surface area contributed by atoms with E-state index in [2.05, 4.69) is 0 Å². The molecule has 19 heavy (non-hydrogen) atoms. The summed E-state index contributed by atoms with van der Waals surface area (Å²) < 4.78 is 36.3. The number of aryl methyl sites for hydroxylation is 1. The first-order chi connectivity index (χ1) is 8.88. The average Bonchev–Trinajstić information content (AvgIpc) is 2.32. The number of sulfone groups is 1. The van der Waals surface area contributed by atoms with Gasteiger partial charge in [-0.1, -0.05) is 6.07 Å². The largest absolute Gasteiger partial charge is 0.369 e. The SMILES string of the molecule is Cc1ccc(F)c2c1CCCN2CCCS(C)(=O)=O. The van der Waals surface area contributed by atoms with Gasteiger partial charge in [-0.05, 0) is 43.4 Å². The van der Waals surface area contributed by atoms with Crippen molar-refractivity contribution in [2.24, 2.45) is 0 Å². The topological polar surface area (TPSA) is 37.4 Å². The van der Waals surface area contributed by atoms with Gasteiger partial charge < -0.3 is 4.90 Å². The number of nitrogens with zero attached hydrogens (tertiary/aromatic N) is 1. The zero-order valence-corrected chi connectivity index (χ0v) is 12.3. The Morgan fingerprint density at radius 2 is 2.11 bits per heavy atom. The second-order valence-electron chi connectivity index (χ2n) is 5.27. The number of hydrogen-bond donors (Lipinski definition) is 0. The van der Waals surface area contributed by atoms with Crippen LogP contribution in [0.5, 0.6) is 0 Å². The van der Waals surface area contributed by atoms with Crippen LogP contribution in [0.25, 0.3) is 0 Å². The van der Waals surface area contributed by atoms with E-state index in [1.807, 2.05) is 17.9 Å². The second-order valence-corrected chi connectivity index (χ2v) is 7.53. The second kappa shape index (κ2) is 5.49. The molecule has 1 aromatic carbocycles. The highest BCUT2D eigenvalue weighted by Crippen LogP contribution is 2.32. The summed E-state index contributed by atoms with van der Waals surface area (Å²) in [7, 11) is -2.94. The smallest absolute Gasteiger partial charge is 0.147 e. The molecule has 1 heterocycles. The Morgan fingerprint density at radius 3 is 2.79 bits per heavy atom. The molecule has 0 aliphatic carbocycles. The minimum absolute atomic E-state index is 0.159. The molecule has 0 N–H and O–H groups in total. The van der Waals surface area contributed by atoms with E-state index < -0.39 is 9.84 Å². The number of rotatable bonds is 4. The van der Waals surface area contributed by atoms with Crippen molar-refractivity contribution < 1.29 is 12.8 Å². The van der Waals surface area contributed by atoms with Gasteiger partial charge in [-0.2, -0.15) is 0 Å². The Balaban J connectivity index is 2.16. The first-order valence-electron chi connectivity index (χ1n) is 6.59. The standard InChI is InChI=1S/C14H20FNO2S/c1-11-6-7-13(15)14-12(11)5-3-8-16(14)9-4-10-19(2,17)18/h6-7H,3-5,8-10H2,1-2H3. The number of halogens is 1. The molecule has 0 atom stereocenters. The van der Waals surface area contributed by atoms with Crippen LogP contribution < -0.4 is 4.90 Å². The monoisotopic (exact) mass is 285 g/mol. The third-order valence-corrected chi connectivity index (χ3v) is 4.61. The maximum absolute atomic E-state index is 14.0. The van der Waals surface area contributed by atoms with E-state index in [0.717, 1.165) is 30.5 Å². The summed E-state index contributed by atoms with van der Waals surface area (Å²) in [6, 6.07) is 3.32. The van der Waals surface area contributed by atoms with Gasteiger partial charge in [-0.15, -0.1) is 0 Å². The molecule has 0 spiro atoms. The minimum Gasteiger partial charge on any atom is -0.369 e. The zero-order valence-electron chi connectivity index (χ0n) is 11.4. The van der Waals surface area contributed by atoms with E-state index in [0.29, 0.717) is 18.7 Å². The van der Waals surface area contributed by atoms with Crippen molar-refractivity contribution in [3.63, 3.8) is 0 Å². The maximum atomic E-state index is 14.0. The summed E-state index contributed by atoms with van der Waals surface area (Å²) in [4.78, 5) is 1.99. The van der Waals surface area contributed by atoms with Crippen LogP contribution in [0, 0.1) is 12.7 Å². The Bertz CT molecular complexity index is 569. The van der Waals surface area contributed by atoms with Crippen LogP contribution in [0.3, 0.4) is 0 Å². The van der Waals surface area contributed by atoms with Crippen LogP contribution in [0.1, 0.15) is 24.0 Å². The van der Waals surface area contributed by atoms with Crippen LogP contribution in [0.2, 0.25) is 0 Å². The molecule has 0 bridgehead atoms. The number of benzene rings is 1. The summed E-state index contributed by atoms with van der Waals surface area (Å²) in [6.45, 7) is 3.40. The first-order valence-corrected chi connectivity index (χ1v) is 8.65. The molecule has 0 fully saturated rings. The summed E-state index contributed by atoms with van der Waals surface area (Å²) >= 11 is 0. The van der Waals surface area contributed by atoms with E-state index in [1.54, 1.807) is 0 Å². The Labute approximate surface area is 114 Å². The summed E-state index contributed by atoms with van der Waals surface area (Å²) in [5.74, 6) is -0.0358. The van der Waals surface area contributed by atoms with Gasteiger partial charge >= 0.3 is 0 Å². The molecule has 0 saturated carbocycles. The van der Waals surface area contributed by atoms with Gasteiger partial charge in [0, 0.05) is 19.3 Å². The molecule has 2 rings (SSSR count). The van der Waals surface area contributed by atoms with Crippen LogP contribution in [-0.2, 0) is 16.3 Å². The molecule has 0 saturated heterocycles. The molecule has 0 unspecified atom stereocenters. The lowest BCUT2D eigenvalue weighted by Gasteiger charge is -2.32. The van der Waals surface area contributed by atoms with Gasteiger partial charge in [-0.25, -0.2) is 12.8 Å². The zero-order chi connectivity index (χ0) is 14.0. The van der Waals surface area contributed by atoms with E-state index in [4.69, 9.17) is 0 Å². The van der Waals surface area contributed by atoms with Crippen molar-refractivity contribution in [3.8, 4) is 0 Å². The molecule has 1 aliphatic rings. The van der Waals surface area contributed by atoms with Crippen molar-refractivity contribution in [1.82, 2.24) is 0 Å². The molecule has 0 aromatic heterocycles. The Kier molecular flexibility index (Phi) is 4.13. The highest BCUT2D eigenvalue weighted by Gasteiger charge is 2.22. The summed E-state index contributed by atoms with van der Waals surface area (Å²) in [5, 5.41) is 0. The third kappa shape index (κ3) is 3.47. The fraction of sp³-hybridized carbons (Fsp3) is 0.571. The summed E-state index contributed by atoms with van der Waals surface area (Å²) in [6.07, 6.45) is 3.69. The molecule has 0 amide bonds. The lowest BCUT2D eigenvalue weighted by Crippen LogP contribution is -2.32. The van der Waals surface area contributed by atoms with Gasteiger partial charge in [0.05, 0.1) is 11.4 Å². The molecule has 0 radical (unpaired) electrons. The van der Waals surface area contributed by atoms with Crippen LogP contribution >= 0.6 is 0 Å². The van der Waals surface area contributed by atoms with Gasteiger partial charge in [0.1, 0.15) is 15.7 Å². The highest BCUT2D eigenvalue weighted by molar-refractivity contribution is 7.90. The molecule has 3 nitrogen and oxygen atoms in total. The molecule has 5 heteroatoms. The normalized spacial score (nSPS) is 15.4. The molecular formula is C14H20FNO2S. The fourth-order valence-electron chi connectivity index (χ4n) is 2.67. The van der Waals surface area contributed by atoms with Gasteiger partial charge in [0.2, 0.25) is 0 Å². The van der Waals surface area contributed by atoms with Crippen molar-refractivity contribution >= 4 is 15.5 Å². The molecule has 1 aromatic rings. The highest BCUT2D eigenvalue weighted by atomic mass is 32.2. The van der Waals surface area contributed by atoms with Crippen molar-refractivity contribution in [1.29, 1.82) is 0 Å². The molecule has 106 valence electrons. The lowest BCUT2D eigenvalue weighted by molar-refractivity contribution is 0.586. The van der Waals surface area contributed by atoms with E-state index in [-0.39, 0.29) is 11.6 Å². The van der Waals surface area contributed by atoms with E-state index in [1.165, 1.54) is 12.3 Å². The lowest BCUT2D eigenvalue weighted by atomic mass is 9.96. The molecule has 1 aliphatic heterocycles. The number of hydrogen-bond acceptors (Lipinski definition) is 3. The van der Waals surface area contributed by atoms with Crippen LogP contribution in [0.15, 0.2) is 12.1 Å². The number of fused-ring (bicyclic) bond motifs is 1. The maximum Gasteiger partial charge on any atom is 0.147 e. The van der Waals surface area contributed by atoms with E-state index in [9.17, 15) is 12.8 Å². The van der Waals surface area contributed by atoms with Gasteiger partial charge in [-0.3, -0.25) is 0 Å².